The summed E-state index contributed by atoms with van der Waals surface area (Å²) in [5.74, 6) is -0.340. The molecule has 0 fully saturated rings. The monoisotopic (exact) mass is 300 g/mol. The Labute approximate surface area is 114 Å². The molecule has 0 radical (unpaired) electrons. The average Bonchev–Trinajstić information content (AvgIpc) is 2.97. The fourth-order valence-corrected chi connectivity index (χ4v) is 2.17. The van der Waals surface area contributed by atoms with Gasteiger partial charge in [0.1, 0.15) is 5.52 Å². The number of hydrogen-bond donors (Lipinski definition) is 3. The molecule has 10 heteroatoms. The Morgan fingerprint density at radius 2 is 2.10 bits per heavy atom. The summed E-state index contributed by atoms with van der Waals surface area (Å²) in [6, 6.07) is 1.76. The number of thiophene rings is 1. The molecule has 0 saturated carbocycles. The van der Waals surface area contributed by atoms with Gasteiger partial charge in [-0.3, -0.25) is 5.32 Å². The average molecular weight is 300 g/mol. The molecule has 0 unspecified atom stereocenters. The normalized spacial score (nSPS) is 11.8. The molecule has 0 saturated heterocycles. The summed E-state index contributed by atoms with van der Waals surface area (Å²) in [5, 5.41) is 7.80. The van der Waals surface area contributed by atoms with Gasteiger partial charge < -0.3 is 10.3 Å². The minimum absolute atomic E-state index is 0.0368. The summed E-state index contributed by atoms with van der Waals surface area (Å²) in [5.41, 5.74) is 0.936. The van der Waals surface area contributed by atoms with Gasteiger partial charge in [-0.25, -0.2) is 4.98 Å². The van der Waals surface area contributed by atoms with Crippen LogP contribution in [0.2, 0.25) is 0 Å². The zero-order valence-corrected chi connectivity index (χ0v) is 10.5. The van der Waals surface area contributed by atoms with Crippen LogP contribution in [0.3, 0.4) is 0 Å². The third-order valence-corrected chi connectivity index (χ3v) is 3.01. The van der Waals surface area contributed by atoms with E-state index in [2.05, 4.69) is 25.3 Å². The van der Waals surface area contributed by atoms with E-state index in [-0.39, 0.29) is 22.9 Å². The highest BCUT2D eigenvalue weighted by Gasteiger charge is 2.29. The molecule has 0 bridgehead atoms. The van der Waals surface area contributed by atoms with Gasteiger partial charge in [-0.05, 0) is 11.4 Å². The van der Waals surface area contributed by atoms with E-state index in [1.807, 2.05) is 5.38 Å². The summed E-state index contributed by atoms with van der Waals surface area (Å²) in [7, 11) is 0. The topological polar surface area (TPSA) is 78.5 Å². The van der Waals surface area contributed by atoms with E-state index in [0.29, 0.717) is 5.69 Å². The molecule has 104 valence electrons. The molecule has 6 nitrogen and oxygen atoms in total. The number of anilines is 3. The highest BCUT2D eigenvalue weighted by molar-refractivity contribution is 7.08. The highest BCUT2D eigenvalue weighted by Crippen LogP contribution is 2.26. The second-order valence-electron chi connectivity index (χ2n) is 3.76. The molecule has 0 aliphatic heterocycles. The second kappa shape index (κ2) is 4.63. The molecule has 20 heavy (non-hydrogen) atoms. The maximum Gasteiger partial charge on any atom is 0.483 e. The summed E-state index contributed by atoms with van der Waals surface area (Å²) in [6.45, 7) is 0. The van der Waals surface area contributed by atoms with E-state index < -0.39 is 6.30 Å². The minimum Gasteiger partial charge on any atom is -0.340 e. The molecule has 0 aliphatic carbocycles. The number of fused-ring (bicyclic) bond motifs is 1. The van der Waals surface area contributed by atoms with Crippen molar-refractivity contribution in [2.24, 2.45) is 0 Å². The van der Waals surface area contributed by atoms with Crippen molar-refractivity contribution >= 4 is 40.0 Å². The van der Waals surface area contributed by atoms with Crippen LogP contribution < -0.4 is 10.6 Å². The first-order chi connectivity index (χ1) is 9.51. The summed E-state index contributed by atoms with van der Waals surface area (Å²) in [6.07, 6.45) is -3.33. The minimum atomic E-state index is -4.59. The van der Waals surface area contributed by atoms with E-state index in [1.54, 1.807) is 11.4 Å². The molecule has 3 rings (SSSR count). The Morgan fingerprint density at radius 3 is 2.80 bits per heavy atom. The highest BCUT2D eigenvalue weighted by atomic mass is 32.1. The fourth-order valence-electron chi connectivity index (χ4n) is 1.58. The van der Waals surface area contributed by atoms with Crippen LogP contribution >= 0.6 is 11.3 Å². The fraction of sp³-hybridized carbons (Fsp3) is 0.100. The van der Waals surface area contributed by atoms with Crippen molar-refractivity contribution in [1.29, 1.82) is 0 Å². The molecule has 3 heterocycles. The van der Waals surface area contributed by atoms with Crippen molar-refractivity contribution in [3.8, 4) is 0 Å². The number of nitrogens with zero attached hydrogens (tertiary/aromatic N) is 3. The van der Waals surface area contributed by atoms with Crippen molar-refractivity contribution < 1.29 is 13.2 Å². The first kappa shape index (κ1) is 12.7. The number of aromatic amines is 1. The van der Waals surface area contributed by atoms with Gasteiger partial charge in [0.2, 0.25) is 5.95 Å². The van der Waals surface area contributed by atoms with Crippen LogP contribution in [0.4, 0.5) is 30.6 Å². The van der Waals surface area contributed by atoms with Gasteiger partial charge in [0.25, 0.3) is 0 Å². The van der Waals surface area contributed by atoms with Gasteiger partial charge in [0, 0.05) is 5.38 Å². The zero-order valence-electron chi connectivity index (χ0n) is 9.69. The Kier molecular flexibility index (Phi) is 2.93. The molecule has 0 atom stereocenters. The first-order valence-electron chi connectivity index (χ1n) is 5.36. The molecule has 3 aromatic heterocycles. The Hall–Kier alpha value is -2.36. The molecular weight excluding hydrogens is 293 g/mol. The SMILES string of the molecule is FC(F)(F)Nc1nc(Nc2ccsc2)nc2nc[nH]c12. The lowest BCUT2D eigenvalue weighted by Gasteiger charge is -2.11. The van der Waals surface area contributed by atoms with Crippen LogP contribution in [-0.4, -0.2) is 26.2 Å². The number of hydrogen-bond acceptors (Lipinski definition) is 6. The standard InChI is InChI=1S/C10H7F3N6S/c11-10(12,13)19-8-6-7(15-4-14-6)17-9(18-8)16-5-1-2-20-3-5/h1-4H,(H3,14,15,16,17,18,19). The van der Waals surface area contributed by atoms with Crippen LogP contribution in [0, 0.1) is 0 Å². The third kappa shape index (κ3) is 2.64. The number of nitrogens with one attached hydrogen (secondary N) is 3. The van der Waals surface area contributed by atoms with E-state index in [9.17, 15) is 13.2 Å². The van der Waals surface area contributed by atoms with Crippen molar-refractivity contribution in [2.75, 3.05) is 10.6 Å². The van der Waals surface area contributed by atoms with Gasteiger partial charge in [0.05, 0.1) is 12.0 Å². The lowest BCUT2D eigenvalue weighted by atomic mass is 10.5. The van der Waals surface area contributed by atoms with E-state index in [0.717, 1.165) is 0 Å². The summed E-state index contributed by atoms with van der Waals surface area (Å²) < 4.78 is 37.4. The smallest absolute Gasteiger partial charge is 0.340 e. The largest absolute Gasteiger partial charge is 0.483 e. The molecule has 3 aromatic rings. The molecule has 0 aromatic carbocycles. The van der Waals surface area contributed by atoms with Crippen LogP contribution in [0.5, 0.6) is 0 Å². The maximum absolute atomic E-state index is 12.5. The van der Waals surface area contributed by atoms with Crippen LogP contribution in [0.15, 0.2) is 23.2 Å². The lowest BCUT2D eigenvalue weighted by molar-refractivity contribution is -0.100. The quantitative estimate of drug-likeness (QED) is 0.648. The second-order valence-corrected chi connectivity index (χ2v) is 4.54. The summed E-state index contributed by atoms with van der Waals surface area (Å²) in [4.78, 5) is 14.3. The van der Waals surface area contributed by atoms with Crippen molar-refractivity contribution in [3.05, 3.63) is 23.2 Å². The Morgan fingerprint density at radius 1 is 1.25 bits per heavy atom. The van der Waals surface area contributed by atoms with Gasteiger partial charge in [-0.1, -0.05) is 0 Å². The number of halogens is 3. The van der Waals surface area contributed by atoms with E-state index >= 15 is 0 Å². The molecule has 0 amide bonds. The predicted molar refractivity (Wildman–Crippen MR) is 69.0 cm³/mol. The van der Waals surface area contributed by atoms with Crippen LogP contribution in [0.1, 0.15) is 0 Å². The van der Waals surface area contributed by atoms with Gasteiger partial charge >= 0.3 is 6.30 Å². The van der Waals surface area contributed by atoms with Crippen LogP contribution in [-0.2, 0) is 0 Å². The zero-order chi connectivity index (χ0) is 14.2. The first-order valence-corrected chi connectivity index (χ1v) is 6.31. The van der Waals surface area contributed by atoms with E-state index in [1.165, 1.54) is 23.0 Å². The third-order valence-electron chi connectivity index (χ3n) is 2.32. The van der Waals surface area contributed by atoms with Gasteiger partial charge in [-0.15, -0.1) is 0 Å². The van der Waals surface area contributed by atoms with E-state index in [4.69, 9.17) is 0 Å². The number of H-pyrrole nitrogens is 1. The Balaban J connectivity index is 2.01. The number of aromatic nitrogens is 4. The molecule has 0 aliphatic rings. The number of rotatable bonds is 3. The van der Waals surface area contributed by atoms with Gasteiger partial charge in [0.15, 0.2) is 11.5 Å². The number of imidazole rings is 1. The molecule has 0 spiro atoms. The summed E-state index contributed by atoms with van der Waals surface area (Å²) >= 11 is 1.44. The van der Waals surface area contributed by atoms with Crippen LogP contribution in [0.25, 0.3) is 11.2 Å². The van der Waals surface area contributed by atoms with Crippen molar-refractivity contribution in [2.45, 2.75) is 6.30 Å². The van der Waals surface area contributed by atoms with Gasteiger partial charge in [-0.2, -0.15) is 34.5 Å². The van der Waals surface area contributed by atoms with Crippen molar-refractivity contribution in [1.82, 2.24) is 19.9 Å². The Bertz CT molecular complexity index is 720. The predicted octanol–water partition coefficient (Wildman–Crippen LogP) is 3.09. The molecule has 3 N–H and O–H groups in total. The van der Waals surface area contributed by atoms with Crippen molar-refractivity contribution in [3.63, 3.8) is 0 Å². The maximum atomic E-state index is 12.5. The molecular formula is C10H7F3N6S. The lowest BCUT2D eigenvalue weighted by Crippen LogP contribution is -2.22. The number of alkyl halides is 3.